The number of carboxylic acid groups (broad SMARTS) is 1. The number of halogens is 2. The fourth-order valence-electron chi connectivity index (χ4n) is 2.08. The summed E-state index contributed by atoms with van der Waals surface area (Å²) in [6, 6.07) is 12.2. The molecule has 0 bridgehead atoms. The molecule has 0 aliphatic carbocycles. The molecule has 22 heavy (non-hydrogen) atoms. The largest absolute Gasteiger partial charge is 0.476 e. The normalized spacial score (nSPS) is 10.6. The van der Waals surface area contributed by atoms with E-state index < -0.39 is 11.8 Å². The third-order valence-electron chi connectivity index (χ3n) is 3.04. The van der Waals surface area contributed by atoms with Crippen LogP contribution in [-0.4, -0.2) is 26.1 Å². The van der Waals surface area contributed by atoms with E-state index in [1.807, 2.05) is 0 Å². The number of rotatable bonds is 3. The minimum Gasteiger partial charge on any atom is -0.476 e. The predicted molar refractivity (Wildman–Crippen MR) is 78.7 cm³/mol. The van der Waals surface area contributed by atoms with Crippen LogP contribution in [0.1, 0.15) is 10.5 Å². The van der Waals surface area contributed by atoms with Crippen LogP contribution in [0.2, 0.25) is 5.02 Å². The van der Waals surface area contributed by atoms with Crippen LogP contribution in [0.15, 0.2) is 48.5 Å². The molecule has 0 aliphatic heterocycles. The van der Waals surface area contributed by atoms with E-state index in [0.29, 0.717) is 16.3 Å². The number of nitrogens with zero attached hydrogens (tertiary/aromatic N) is 3. The van der Waals surface area contributed by atoms with Crippen LogP contribution >= 0.6 is 11.6 Å². The van der Waals surface area contributed by atoms with Crippen molar-refractivity contribution in [1.29, 1.82) is 0 Å². The fraction of sp³-hybridized carbons (Fsp3) is 0. The number of aromatic nitrogens is 3. The number of aromatic carboxylic acids is 1. The SMILES string of the molecule is O=C(O)c1nnn(-c2cccc(F)c2)c1-c1ccc(Cl)cc1. The number of carboxylic acids is 1. The van der Waals surface area contributed by atoms with E-state index in [1.165, 1.54) is 22.9 Å². The maximum absolute atomic E-state index is 13.4. The van der Waals surface area contributed by atoms with Gasteiger partial charge in [-0.05, 0) is 30.3 Å². The summed E-state index contributed by atoms with van der Waals surface area (Å²) in [6.07, 6.45) is 0. The zero-order valence-corrected chi connectivity index (χ0v) is 11.8. The second kappa shape index (κ2) is 5.57. The Morgan fingerprint density at radius 2 is 1.91 bits per heavy atom. The molecule has 3 rings (SSSR count). The summed E-state index contributed by atoms with van der Waals surface area (Å²) >= 11 is 5.85. The summed E-state index contributed by atoms with van der Waals surface area (Å²) in [7, 11) is 0. The summed E-state index contributed by atoms with van der Waals surface area (Å²) < 4.78 is 14.7. The Labute approximate surface area is 129 Å². The Morgan fingerprint density at radius 3 is 2.55 bits per heavy atom. The molecule has 7 heteroatoms. The highest BCUT2D eigenvalue weighted by Crippen LogP contribution is 2.26. The van der Waals surface area contributed by atoms with Crippen LogP contribution in [-0.2, 0) is 0 Å². The van der Waals surface area contributed by atoms with Gasteiger partial charge in [0, 0.05) is 10.6 Å². The average Bonchev–Trinajstić information content (AvgIpc) is 2.93. The molecule has 0 unspecified atom stereocenters. The predicted octanol–water partition coefficient (Wildman–Crippen LogP) is 3.43. The molecule has 3 aromatic rings. The van der Waals surface area contributed by atoms with Gasteiger partial charge < -0.3 is 5.11 Å². The molecule has 0 saturated heterocycles. The molecular formula is C15H9ClFN3O2. The lowest BCUT2D eigenvalue weighted by atomic mass is 10.1. The van der Waals surface area contributed by atoms with Crippen LogP contribution in [0.5, 0.6) is 0 Å². The van der Waals surface area contributed by atoms with Crippen molar-refractivity contribution in [2.75, 3.05) is 0 Å². The van der Waals surface area contributed by atoms with Crippen molar-refractivity contribution in [1.82, 2.24) is 15.0 Å². The Morgan fingerprint density at radius 1 is 1.18 bits per heavy atom. The van der Waals surface area contributed by atoms with Crippen molar-refractivity contribution in [3.8, 4) is 16.9 Å². The van der Waals surface area contributed by atoms with Gasteiger partial charge in [-0.15, -0.1) is 5.10 Å². The first kappa shape index (κ1) is 14.2. The van der Waals surface area contributed by atoms with E-state index in [9.17, 15) is 14.3 Å². The summed E-state index contributed by atoms with van der Waals surface area (Å²) in [6.45, 7) is 0. The first-order valence-electron chi connectivity index (χ1n) is 6.27. The van der Waals surface area contributed by atoms with E-state index >= 15 is 0 Å². The molecule has 0 atom stereocenters. The molecule has 0 saturated carbocycles. The second-order valence-corrected chi connectivity index (χ2v) is 4.93. The summed E-state index contributed by atoms with van der Waals surface area (Å²) in [5, 5.41) is 17.3. The number of hydrogen-bond acceptors (Lipinski definition) is 3. The third-order valence-corrected chi connectivity index (χ3v) is 3.30. The minimum absolute atomic E-state index is 0.216. The van der Waals surface area contributed by atoms with E-state index in [1.54, 1.807) is 30.3 Å². The number of carbonyl (C=O) groups is 1. The highest BCUT2D eigenvalue weighted by atomic mass is 35.5. The highest BCUT2D eigenvalue weighted by molar-refractivity contribution is 6.30. The molecule has 2 aromatic carbocycles. The summed E-state index contributed by atoms with van der Waals surface area (Å²) in [4.78, 5) is 11.4. The standard InChI is InChI=1S/C15H9ClFN3O2/c16-10-6-4-9(5-7-10)14-13(15(21)22)18-19-20(14)12-3-1-2-11(17)8-12/h1-8H,(H,21,22). The number of hydrogen-bond donors (Lipinski definition) is 1. The van der Waals surface area contributed by atoms with Gasteiger partial charge in [-0.2, -0.15) is 0 Å². The van der Waals surface area contributed by atoms with Crippen molar-refractivity contribution >= 4 is 17.6 Å². The fourth-order valence-corrected chi connectivity index (χ4v) is 2.21. The molecule has 5 nitrogen and oxygen atoms in total. The van der Waals surface area contributed by atoms with Crippen LogP contribution in [0.4, 0.5) is 4.39 Å². The zero-order valence-electron chi connectivity index (χ0n) is 11.1. The first-order chi connectivity index (χ1) is 10.6. The molecule has 0 fully saturated rings. The van der Waals surface area contributed by atoms with Crippen LogP contribution in [0, 0.1) is 5.82 Å². The van der Waals surface area contributed by atoms with Gasteiger partial charge in [0.15, 0.2) is 5.69 Å². The lowest BCUT2D eigenvalue weighted by Gasteiger charge is -2.07. The first-order valence-corrected chi connectivity index (χ1v) is 6.65. The Hall–Kier alpha value is -2.73. The highest BCUT2D eigenvalue weighted by Gasteiger charge is 2.21. The summed E-state index contributed by atoms with van der Waals surface area (Å²) in [5.41, 5.74) is 0.988. The van der Waals surface area contributed by atoms with Crippen LogP contribution < -0.4 is 0 Å². The van der Waals surface area contributed by atoms with Crippen LogP contribution in [0.3, 0.4) is 0 Å². The Balaban J connectivity index is 2.24. The number of benzene rings is 2. The molecule has 110 valence electrons. The maximum atomic E-state index is 13.4. The van der Waals surface area contributed by atoms with Gasteiger partial charge in [0.2, 0.25) is 0 Å². The molecule has 0 amide bonds. The molecule has 0 aliphatic rings. The lowest BCUT2D eigenvalue weighted by Crippen LogP contribution is -2.03. The van der Waals surface area contributed by atoms with Crippen LogP contribution in [0.25, 0.3) is 16.9 Å². The smallest absolute Gasteiger partial charge is 0.358 e. The van der Waals surface area contributed by atoms with Gasteiger partial charge in [-0.3, -0.25) is 0 Å². The van der Waals surface area contributed by atoms with Gasteiger partial charge in [-0.1, -0.05) is 35.0 Å². The third kappa shape index (κ3) is 2.56. The van der Waals surface area contributed by atoms with E-state index in [4.69, 9.17) is 11.6 Å². The van der Waals surface area contributed by atoms with Crippen molar-refractivity contribution in [2.24, 2.45) is 0 Å². The van der Waals surface area contributed by atoms with Crippen molar-refractivity contribution < 1.29 is 14.3 Å². The minimum atomic E-state index is -1.22. The van der Waals surface area contributed by atoms with E-state index in [-0.39, 0.29) is 11.4 Å². The van der Waals surface area contributed by atoms with Gasteiger partial charge >= 0.3 is 5.97 Å². The molecule has 0 radical (unpaired) electrons. The Kier molecular flexibility index (Phi) is 3.60. The topological polar surface area (TPSA) is 68.0 Å². The maximum Gasteiger partial charge on any atom is 0.358 e. The summed E-state index contributed by atoms with van der Waals surface area (Å²) in [5.74, 6) is -1.67. The average molecular weight is 318 g/mol. The molecule has 1 aromatic heterocycles. The van der Waals surface area contributed by atoms with E-state index in [0.717, 1.165) is 0 Å². The molecule has 1 heterocycles. The van der Waals surface area contributed by atoms with Gasteiger partial charge in [0.05, 0.1) is 5.69 Å². The van der Waals surface area contributed by atoms with Crippen molar-refractivity contribution in [2.45, 2.75) is 0 Å². The quantitative estimate of drug-likeness (QED) is 0.803. The molecule has 1 N–H and O–H groups in total. The van der Waals surface area contributed by atoms with Gasteiger partial charge in [-0.25, -0.2) is 13.9 Å². The zero-order chi connectivity index (χ0) is 15.7. The Bertz CT molecular complexity index is 846. The monoisotopic (exact) mass is 317 g/mol. The van der Waals surface area contributed by atoms with Gasteiger partial charge in [0.1, 0.15) is 11.5 Å². The van der Waals surface area contributed by atoms with Crippen molar-refractivity contribution in [3.63, 3.8) is 0 Å². The lowest BCUT2D eigenvalue weighted by molar-refractivity contribution is 0.0691. The second-order valence-electron chi connectivity index (χ2n) is 4.49. The van der Waals surface area contributed by atoms with E-state index in [2.05, 4.69) is 10.3 Å². The van der Waals surface area contributed by atoms with Gasteiger partial charge in [0.25, 0.3) is 0 Å². The van der Waals surface area contributed by atoms with Crippen molar-refractivity contribution in [3.05, 3.63) is 65.1 Å². The molecule has 0 spiro atoms. The molecular weight excluding hydrogens is 309 g/mol.